The fraction of sp³-hybridized carbons (Fsp3) is 0.312. The third kappa shape index (κ3) is 2.85. The Kier molecular flexibility index (Phi) is 3.84. The van der Waals surface area contributed by atoms with Gasteiger partial charge in [0.25, 0.3) is 5.56 Å². The van der Waals surface area contributed by atoms with Crippen molar-refractivity contribution in [2.75, 3.05) is 0 Å². The number of aromatic nitrogens is 2. The SMILES string of the molecule is Cc1cc(C)c(C(=O)Cn2nc(C)ccc2=O)c(C)c1. The molecule has 0 unspecified atom stereocenters. The van der Waals surface area contributed by atoms with Gasteiger partial charge in [-0.05, 0) is 44.9 Å². The Morgan fingerprint density at radius 2 is 1.70 bits per heavy atom. The molecule has 0 N–H and O–H groups in total. The van der Waals surface area contributed by atoms with Crippen molar-refractivity contribution in [3.63, 3.8) is 0 Å². The van der Waals surface area contributed by atoms with Crippen LogP contribution in [0.3, 0.4) is 0 Å². The second kappa shape index (κ2) is 5.41. The summed E-state index contributed by atoms with van der Waals surface area (Å²) in [5, 5.41) is 4.10. The van der Waals surface area contributed by atoms with E-state index in [0.29, 0.717) is 5.56 Å². The van der Waals surface area contributed by atoms with E-state index in [2.05, 4.69) is 5.10 Å². The van der Waals surface area contributed by atoms with E-state index in [9.17, 15) is 9.59 Å². The molecule has 0 aliphatic carbocycles. The van der Waals surface area contributed by atoms with Gasteiger partial charge < -0.3 is 0 Å². The topological polar surface area (TPSA) is 52.0 Å². The summed E-state index contributed by atoms with van der Waals surface area (Å²) in [6.45, 7) is 7.61. The Morgan fingerprint density at radius 1 is 1.10 bits per heavy atom. The lowest BCUT2D eigenvalue weighted by atomic mass is 9.96. The fourth-order valence-electron chi connectivity index (χ4n) is 2.50. The summed E-state index contributed by atoms with van der Waals surface area (Å²) in [6, 6.07) is 7.04. The van der Waals surface area contributed by atoms with Crippen LogP contribution in [0, 0.1) is 27.7 Å². The largest absolute Gasteiger partial charge is 0.292 e. The Balaban J connectivity index is 2.38. The highest BCUT2D eigenvalue weighted by atomic mass is 16.1. The van der Waals surface area contributed by atoms with E-state index in [-0.39, 0.29) is 17.9 Å². The summed E-state index contributed by atoms with van der Waals surface area (Å²) in [7, 11) is 0. The molecular weight excluding hydrogens is 252 g/mol. The molecule has 0 amide bonds. The third-order valence-electron chi connectivity index (χ3n) is 3.25. The minimum absolute atomic E-state index is 0.0226. The summed E-state index contributed by atoms with van der Waals surface area (Å²) in [6.07, 6.45) is 0. The van der Waals surface area contributed by atoms with E-state index in [0.717, 1.165) is 22.4 Å². The fourth-order valence-corrected chi connectivity index (χ4v) is 2.50. The minimum Gasteiger partial charge on any atom is -0.292 e. The summed E-state index contributed by atoms with van der Waals surface area (Å²) in [5.74, 6) is -0.0831. The van der Waals surface area contributed by atoms with E-state index in [1.807, 2.05) is 32.9 Å². The number of nitrogens with zero attached hydrogens (tertiary/aromatic N) is 2. The van der Waals surface area contributed by atoms with Gasteiger partial charge in [-0.25, -0.2) is 4.68 Å². The minimum atomic E-state index is -0.258. The third-order valence-corrected chi connectivity index (χ3v) is 3.25. The number of hydrogen-bond acceptors (Lipinski definition) is 3. The van der Waals surface area contributed by atoms with Crippen molar-refractivity contribution >= 4 is 5.78 Å². The van der Waals surface area contributed by atoms with Gasteiger partial charge in [0.1, 0.15) is 6.54 Å². The average Bonchev–Trinajstić information content (AvgIpc) is 2.32. The molecule has 0 atom stereocenters. The van der Waals surface area contributed by atoms with Crippen molar-refractivity contribution < 1.29 is 4.79 Å². The van der Waals surface area contributed by atoms with Gasteiger partial charge in [-0.15, -0.1) is 0 Å². The van der Waals surface area contributed by atoms with Crippen molar-refractivity contribution in [3.8, 4) is 0 Å². The smallest absolute Gasteiger partial charge is 0.267 e. The second-order valence-electron chi connectivity index (χ2n) is 5.17. The van der Waals surface area contributed by atoms with Gasteiger partial charge in [-0.2, -0.15) is 5.10 Å². The van der Waals surface area contributed by atoms with E-state index < -0.39 is 0 Å². The first-order valence-electron chi connectivity index (χ1n) is 6.54. The van der Waals surface area contributed by atoms with Crippen LogP contribution >= 0.6 is 0 Å². The predicted octanol–water partition coefficient (Wildman–Crippen LogP) is 2.36. The van der Waals surface area contributed by atoms with Gasteiger partial charge in [0.05, 0.1) is 5.69 Å². The lowest BCUT2D eigenvalue weighted by Crippen LogP contribution is -2.27. The molecule has 0 fully saturated rings. The number of aryl methyl sites for hydroxylation is 4. The highest BCUT2D eigenvalue weighted by Crippen LogP contribution is 2.17. The van der Waals surface area contributed by atoms with Crippen molar-refractivity contribution in [3.05, 3.63) is 62.6 Å². The number of ketones is 1. The van der Waals surface area contributed by atoms with Crippen LogP contribution in [0.2, 0.25) is 0 Å². The van der Waals surface area contributed by atoms with Gasteiger partial charge in [-0.1, -0.05) is 17.7 Å². The molecule has 4 nitrogen and oxygen atoms in total. The zero-order valence-corrected chi connectivity index (χ0v) is 12.2. The van der Waals surface area contributed by atoms with Crippen LogP contribution in [0.25, 0.3) is 0 Å². The Bertz CT molecular complexity index is 706. The molecule has 104 valence electrons. The average molecular weight is 270 g/mol. The van der Waals surface area contributed by atoms with Crippen LogP contribution in [-0.4, -0.2) is 15.6 Å². The molecule has 0 bridgehead atoms. The van der Waals surface area contributed by atoms with Crippen LogP contribution < -0.4 is 5.56 Å². The maximum Gasteiger partial charge on any atom is 0.267 e. The maximum atomic E-state index is 12.4. The van der Waals surface area contributed by atoms with Crippen molar-refractivity contribution in [1.82, 2.24) is 9.78 Å². The molecule has 0 aliphatic rings. The Morgan fingerprint density at radius 3 is 2.30 bits per heavy atom. The molecule has 1 aromatic carbocycles. The van der Waals surface area contributed by atoms with Crippen molar-refractivity contribution in [2.24, 2.45) is 0 Å². The number of Topliss-reactive ketones (excluding diaryl/α,β-unsaturated/α-hetero) is 1. The maximum absolute atomic E-state index is 12.4. The first kappa shape index (κ1) is 14.2. The molecule has 2 rings (SSSR count). The van der Waals surface area contributed by atoms with E-state index >= 15 is 0 Å². The molecule has 1 aromatic heterocycles. The van der Waals surface area contributed by atoms with Gasteiger partial charge in [-0.3, -0.25) is 9.59 Å². The van der Waals surface area contributed by atoms with Crippen LogP contribution in [0.1, 0.15) is 32.7 Å². The number of benzene rings is 1. The first-order valence-corrected chi connectivity index (χ1v) is 6.54. The number of carbonyl (C=O) groups excluding carboxylic acids is 1. The molecular formula is C16H18N2O2. The summed E-state index contributed by atoms with van der Waals surface area (Å²) in [4.78, 5) is 24.1. The van der Waals surface area contributed by atoms with Crippen LogP contribution in [0.15, 0.2) is 29.1 Å². The van der Waals surface area contributed by atoms with E-state index in [4.69, 9.17) is 0 Å². The van der Waals surface area contributed by atoms with Gasteiger partial charge in [0, 0.05) is 11.6 Å². The van der Waals surface area contributed by atoms with Crippen molar-refractivity contribution in [2.45, 2.75) is 34.2 Å². The van der Waals surface area contributed by atoms with E-state index in [1.54, 1.807) is 13.0 Å². The molecule has 20 heavy (non-hydrogen) atoms. The van der Waals surface area contributed by atoms with Crippen LogP contribution in [-0.2, 0) is 6.54 Å². The van der Waals surface area contributed by atoms with Crippen molar-refractivity contribution in [1.29, 1.82) is 0 Å². The molecule has 0 saturated carbocycles. The highest BCUT2D eigenvalue weighted by Gasteiger charge is 2.14. The number of hydrogen-bond donors (Lipinski definition) is 0. The monoisotopic (exact) mass is 270 g/mol. The summed E-state index contributed by atoms with van der Waals surface area (Å²) in [5.41, 5.74) is 4.15. The van der Waals surface area contributed by atoms with Gasteiger partial charge in [0.2, 0.25) is 0 Å². The van der Waals surface area contributed by atoms with E-state index in [1.165, 1.54) is 10.7 Å². The Labute approximate surface area is 118 Å². The highest BCUT2D eigenvalue weighted by molar-refractivity contribution is 5.98. The molecule has 0 spiro atoms. The molecule has 4 heteroatoms. The number of rotatable bonds is 3. The summed E-state index contributed by atoms with van der Waals surface area (Å²) < 4.78 is 1.22. The van der Waals surface area contributed by atoms with Crippen LogP contribution in [0.5, 0.6) is 0 Å². The normalized spacial score (nSPS) is 10.6. The quantitative estimate of drug-likeness (QED) is 0.804. The Hall–Kier alpha value is -2.23. The molecule has 2 aromatic rings. The van der Waals surface area contributed by atoms with Crippen LogP contribution in [0.4, 0.5) is 0 Å². The zero-order valence-electron chi connectivity index (χ0n) is 12.2. The molecule has 0 saturated heterocycles. The standard InChI is InChI=1S/C16H18N2O2/c1-10-7-11(2)16(12(3)8-10)14(19)9-18-15(20)6-5-13(4)17-18/h5-8H,9H2,1-4H3. The molecule has 1 heterocycles. The molecule has 0 aliphatic heterocycles. The zero-order chi connectivity index (χ0) is 14.9. The summed E-state index contributed by atoms with van der Waals surface area (Å²) >= 11 is 0. The van der Waals surface area contributed by atoms with Gasteiger partial charge >= 0.3 is 0 Å². The molecule has 0 radical (unpaired) electrons. The number of carbonyl (C=O) groups is 1. The first-order chi connectivity index (χ1) is 9.38. The van der Waals surface area contributed by atoms with Gasteiger partial charge in [0.15, 0.2) is 5.78 Å². The lowest BCUT2D eigenvalue weighted by Gasteiger charge is -2.11. The predicted molar refractivity (Wildman–Crippen MR) is 78.2 cm³/mol. The lowest BCUT2D eigenvalue weighted by molar-refractivity contribution is 0.0964. The second-order valence-corrected chi connectivity index (χ2v) is 5.17.